The minimum Gasteiger partial charge on any atom is -0.384 e. The highest BCUT2D eigenvalue weighted by Gasteiger charge is 2.19. The van der Waals surface area contributed by atoms with Gasteiger partial charge >= 0.3 is 0 Å². The SMILES string of the molecule is Cc1ccc(C(=O)NCc2cccnc2)cc1N(c1ccc2c(c1)CCN2)[SH](=O)=O. The van der Waals surface area contributed by atoms with Crippen molar-refractivity contribution in [2.75, 3.05) is 16.2 Å². The van der Waals surface area contributed by atoms with Crippen molar-refractivity contribution in [3.63, 3.8) is 0 Å². The van der Waals surface area contributed by atoms with Crippen molar-refractivity contribution < 1.29 is 13.2 Å². The van der Waals surface area contributed by atoms with Gasteiger partial charge in [0, 0.05) is 36.7 Å². The molecule has 2 aromatic carbocycles. The van der Waals surface area contributed by atoms with E-state index in [1.54, 1.807) is 42.7 Å². The molecule has 154 valence electrons. The number of anilines is 3. The van der Waals surface area contributed by atoms with Gasteiger partial charge in [0.15, 0.2) is 0 Å². The third-order valence-electron chi connectivity index (χ3n) is 5.08. The largest absolute Gasteiger partial charge is 0.384 e. The van der Waals surface area contributed by atoms with Crippen LogP contribution in [0.1, 0.15) is 27.0 Å². The summed E-state index contributed by atoms with van der Waals surface area (Å²) >= 11 is 0. The molecule has 3 aromatic rings. The molecule has 4 rings (SSSR count). The number of benzene rings is 2. The fourth-order valence-electron chi connectivity index (χ4n) is 3.51. The number of carbonyl (C=O) groups excluding carboxylic acids is 1. The van der Waals surface area contributed by atoms with Crippen molar-refractivity contribution in [1.29, 1.82) is 0 Å². The molecule has 2 N–H and O–H groups in total. The number of aromatic nitrogens is 1. The molecule has 2 heterocycles. The zero-order valence-corrected chi connectivity index (χ0v) is 17.4. The normalized spacial score (nSPS) is 12.3. The van der Waals surface area contributed by atoms with Gasteiger partial charge < -0.3 is 10.6 Å². The predicted octanol–water partition coefficient (Wildman–Crippen LogP) is 2.95. The van der Waals surface area contributed by atoms with E-state index >= 15 is 0 Å². The zero-order valence-electron chi connectivity index (χ0n) is 16.5. The van der Waals surface area contributed by atoms with E-state index in [2.05, 4.69) is 15.6 Å². The molecular formula is C22H22N4O3S. The van der Waals surface area contributed by atoms with Gasteiger partial charge in [-0.25, -0.2) is 12.7 Å². The van der Waals surface area contributed by atoms with E-state index in [1.807, 2.05) is 25.1 Å². The number of nitrogens with one attached hydrogen (secondary N) is 2. The lowest BCUT2D eigenvalue weighted by molar-refractivity contribution is 0.0951. The third kappa shape index (κ3) is 4.13. The molecule has 0 aliphatic carbocycles. The van der Waals surface area contributed by atoms with Gasteiger partial charge in [-0.15, -0.1) is 0 Å². The minimum atomic E-state index is -2.94. The Morgan fingerprint density at radius 1 is 1.20 bits per heavy atom. The molecule has 1 aromatic heterocycles. The summed E-state index contributed by atoms with van der Waals surface area (Å²) in [7, 11) is -2.94. The standard InChI is InChI=1S/C22H22N4O3S/c1-15-4-5-18(22(27)25-14-16-3-2-9-23-13-16)12-21(15)26(30(28)29)19-6-7-20-17(11-19)8-10-24-20/h2-7,9,11-13,24,30H,8,10,14H2,1H3,(H,25,27). The molecule has 7 nitrogen and oxygen atoms in total. The van der Waals surface area contributed by atoms with Crippen LogP contribution in [0.15, 0.2) is 60.9 Å². The highest BCUT2D eigenvalue weighted by atomic mass is 32.2. The first-order valence-electron chi connectivity index (χ1n) is 9.62. The van der Waals surface area contributed by atoms with Gasteiger partial charge in [-0.3, -0.25) is 9.78 Å². The Balaban J connectivity index is 1.63. The summed E-state index contributed by atoms with van der Waals surface area (Å²) in [5.74, 6) is -0.278. The lowest BCUT2D eigenvalue weighted by atomic mass is 10.1. The number of nitrogens with zero attached hydrogens (tertiary/aromatic N) is 2. The number of fused-ring (bicyclic) bond motifs is 1. The highest BCUT2D eigenvalue weighted by molar-refractivity contribution is 7.74. The maximum atomic E-state index is 12.7. The molecule has 0 fully saturated rings. The van der Waals surface area contributed by atoms with Gasteiger partial charge in [-0.1, -0.05) is 12.1 Å². The van der Waals surface area contributed by atoms with Crippen LogP contribution in [0.3, 0.4) is 0 Å². The Morgan fingerprint density at radius 3 is 2.83 bits per heavy atom. The number of hydrogen-bond acceptors (Lipinski definition) is 5. The molecule has 0 bridgehead atoms. The summed E-state index contributed by atoms with van der Waals surface area (Å²) in [6.07, 6.45) is 4.21. The first-order chi connectivity index (χ1) is 14.5. The summed E-state index contributed by atoms with van der Waals surface area (Å²) in [6, 6.07) is 14.3. The first-order valence-corrected chi connectivity index (χ1v) is 10.7. The maximum absolute atomic E-state index is 12.7. The lowest BCUT2D eigenvalue weighted by Gasteiger charge is -2.21. The third-order valence-corrected chi connectivity index (χ3v) is 5.85. The number of amides is 1. The quantitative estimate of drug-likeness (QED) is 0.532. The monoisotopic (exact) mass is 422 g/mol. The van der Waals surface area contributed by atoms with Crippen LogP contribution in [0, 0.1) is 6.92 Å². The Morgan fingerprint density at radius 2 is 2.07 bits per heavy atom. The van der Waals surface area contributed by atoms with E-state index in [1.165, 1.54) is 4.31 Å². The molecule has 1 amide bonds. The van der Waals surface area contributed by atoms with Gasteiger partial charge in [0.05, 0.1) is 11.4 Å². The summed E-state index contributed by atoms with van der Waals surface area (Å²) < 4.78 is 25.6. The van der Waals surface area contributed by atoms with Crippen LogP contribution in [-0.2, 0) is 23.9 Å². The van der Waals surface area contributed by atoms with Crippen molar-refractivity contribution in [1.82, 2.24) is 10.3 Å². The highest BCUT2D eigenvalue weighted by Crippen LogP contribution is 2.33. The van der Waals surface area contributed by atoms with Gasteiger partial charge in [0.1, 0.15) is 0 Å². The van der Waals surface area contributed by atoms with Crippen LogP contribution in [-0.4, -0.2) is 25.9 Å². The Bertz CT molecular complexity index is 1150. The molecule has 0 saturated carbocycles. The van der Waals surface area contributed by atoms with E-state index in [4.69, 9.17) is 0 Å². The number of pyridine rings is 1. The van der Waals surface area contributed by atoms with Gasteiger partial charge in [0.2, 0.25) is 10.9 Å². The number of thiol groups is 1. The van der Waals surface area contributed by atoms with E-state index in [0.29, 0.717) is 23.5 Å². The van der Waals surface area contributed by atoms with Crippen LogP contribution in [0.5, 0.6) is 0 Å². The molecular weight excluding hydrogens is 400 g/mol. The average molecular weight is 423 g/mol. The molecule has 0 saturated heterocycles. The van der Waals surface area contributed by atoms with Crippen molar-refractivity contribution in [3.05, 3.63) is 83.2 Å². The van der Waals surface area contributed by atoms with Crippen LogP contribution in [0.4, 0.5) is 17.1 Å². The maximum Gasteiger partial charge on any atom is 0.251 e. The summed E-state index contributed by atoms with van der Waals surface area (Å²) in [5.41, 5.74) is 5.17. The van der Waals surface area contributed by atoms with E-state index < -0.39 is 10.9 Å². The van der Waals surface area contributed by atoms with Crippen LogP contribution in [0.2, 0.25) is 0 Å². The zero-order chi connectivity index (χ0) is 21.1. The second-order valence-corrected chi connectivity index (χ2v) is 7.99. The predicted molar refractivity (Wildman–Crippen MR) is 118 cm³/mol. The molecule has 0 spiro atoms. The van der Waals surface area contributed by atoms with Crippen molar-refractivity contribution in [2.24, 2.45) is 0 Å². The number of hydrogen-bond donors (Lipinski definition) is 3. The molecule has 30 heavy (non-hydrogen) atoms. The van der Waals surface area contributed by atoms with Gasteiger partial charge in [-0.05, 0) is 66.4 Å². The second kappa shape index (κ2) is 8.54. The minimum absolute atomic E-state index is 0.278. The van der Waals surface area contributed by atoms with Crippen LogP contribution >= 0.6 is 0 Å². The summed E-state index contributed by atoms with van der Waals surface area (Å²) in [4.78, 5) is 16.7. The molecule has 0 unspecified atom stereocenters. The fourth-order valence-corrected chi connectivity index (χ4v) is 4.21. The molecule has 8 heteroatoms. The Labute approximate surface area is 176 Å². The van der Waals surface area contributed by atoms with E-state index in [0.717, 1.165) is 35.3 Å². The summed E-state index contributed by atoms with van der Waals surface area (Å²) in [6.45, 7) is 3.01. The van der Waals surface area contributed by atoms with E-state index in [9.17, 15) is 13.2 Å². The number of rotatable bonds is 6. The van der Waals surface area contributed by atoms with Crippen LogP contribution in [0.25, 0.3) is 0 Å². The van der Waals surface area contributed by atoms with E-state index in [-0.39, 0.29) is 5.91 Å². The average Bonchev–Trinajstić information content (AvgIpc) is 3.22. The van der Waals surface area contributed by atoms with Crippen LogP contribution < -0.4 is 14.9 Å². The van der Waals surface area contributed by atoms with Gasteiger partial charge in [0.25, 0.3) is 5.91 Å². The first kappa shape index (κ1) is 19.9. The molecule has 0 radical (unpaired) electrons. The number of aryl methyl sites for hydroxylation is 1. The Hall–Kier alpha value is -3.39. The fraction of sp³-hybridized carbons (Fsp3) is 0.182. The van der Waals surface area contributed by atoms with Gasteiger partial charge in [-0.2, -0.15) is 0 Å². The number of carbonyl (C=O) groups is 1. The van der Waals surface area contributed by atoms with Crippen molar-refractivity contribution in [3.8, 4) is 0 Å². The second-order valence-electron chi connectivity index (χ2n) is 7.11. The topological polar surface area (TPSA) is 91.4 Å². The molecule has 1 aliphatic heterocycles. The van der Waals surface area contributed by atoms with Crippen molar-refractivity contribution >= 4 is 33.9 Å². The smallest absolute Gasteiger partial charge is 0.251 e. The molecule has 1 aliphatic rings. The Kier molecular flexibility index (Phi) is 5.67. The lowest BCUT2D eigenvalue weighted by Crippen LogP contribution is -2.23. The molecule has 0 atom stereocenters. The van der Waals surface area contributed by atoms with Crippen molar-refractivity contribution in [2.45, 2.75) is 19.9 Å². The summed E-state index contributed by atoms with van der Waals surface area (Å²) in [5, 5.41) is 6.12.